The van der Waals surface area contributed by atoms with Crippen LogP contribution in [0.5, 0.6) is 17.2 Å². The van der Waals surface area contributed by atoms with Gasteiger partial charge in [0.05, 0.1) is 21.3 Å². The number of ether oxygens (including phenoxy) is 3. The van der Waals surface area contributed by atoms with Gasteiger partial charge in [0.25, 0.3) is 0 Å². The maximum atomic E-state index is 13.2. The lowest BCUT2D eigenvalue weighted by Gasteiger charge is -2.12. The molecular weight excluding hydrogens is 407 g/mol. The monoisotopic (exact) mass is 432 g/mol. The molecule has 0 spiro atoms. The van der Waals surface area contributed by atoms with Gasteiger partial charge in [0.2, 0.25) is 5.75 Å². The SMILES string of the molecule is COc1cc(/C=C\c2ccc(C/C=C\C(=O)c3cccc(F)c3)cc2)cc(OC)c1OC. The van der Waals surface area contributed by atoms with Crippen LogP contribution in [0.25, 0.3) is 12.2 Å². The first-order valence-electron chi connectivity index (χ1n) is 10.1. The third-order valence-electron chi connectivity index (χ3n) is 4.87. The molecule has 0 saturated heterocycles. The second-order valence-electron chi connectivity index (χ2n) is 7.01. The minimum Gasteiger partial charge on any atom is -0.493 e. The molecule has 0 amide bonds. The van der Waals surface area contributed by atoms with Crippen LogP contribution in [0.4, 0.5) is 4.39 Å². The van der Waals surface area contributed by atoms with E-state index in [0.29, 0.717) is 29.2 Å². The maximum absolute atomic E-state index is 13.2. The van der Waals surface area contributed by atoms with Gasteiger partial charge in [-0.2, -0.15) is 0 Å². The van der Waals surface area contributed by atoms with E-state index in [2.05, 4.69) is 0 Å². The average molecular weight is 432 g/mol. The molecular formula is C27H25FO4. The van der Waals surface area contributed by atoms with Crippen molar-refractivity contribution in [1.29, 1.82) is 0 Å². The quantitative estimate of drug-likeness (QED) is 0.236. The molecule has 5 heteroatoms. The molecule has 32 heavy (non-hydrogen) atoms. The number of ketones is 1. The number of carbonyl (C=O) groups excluding carboxylic acids is 1. The summed E-state index contributed by atoms with van der Waals surface area (Å²) in [4.78, 5) is 12.1. The van der Waals surface area contributed by atoms with Gasteiger partial charge in [-0.05, 0) is 53.5 Å². The molecule has 0 unspecified atom stereocenters. The van der Waals surface area contributed by atoms with Crippen LogP contribution in [0, 0.1) is 5.82 Å². The molecule has 3 aromatic rings. The van der Waals surface area contributed by atoms with E-state index in [1.165, 1.54) is 24.3 Å². The summed E-state index contributed by atoms with van der Waals surface area (Å²) >= 11 is 0. The van der Waals surface area contributed by atoms with E-state index < -0.39 is 5.82 Å². The van der Waals surface area contributed by atoms with E-state index in [0.717, 1.165) is 16.7 Å². The lowest BCUT2D eigenvalue weighted by molar-refractivity contribution is 0.104. The van der Waals surface area contributed by atoms with Crippen molar-refractivity contribution in [1.82, 2.24) is 0 Å². The first-order valence-corrected chi connectivity index (χ1v) is 10.1. The van der Waals surface area contributed by atoms with Crippen LogP contribution < -0.4 is 14.2 Å². The van der Waals surface area contributed by atoms with E-state index in [9.17, 15) is 9.18 Å². The van der Waals surface area contributed by atoms with Crippen molar-refractivity contribution in [2.45, 2.75) is 6.42 Å². The van der Waals surface area contributed by atoms with E-state index in [-0.39, 0.29) is 5.78 Å². The molecule has 0 bridgehead atoms. The third-order valence-corrected chi connectivity index (χ3v) is 4.87. The molecule has 164 valence electrons. The third kappa shape index (κ3) is 5.85. The molecule has 3 aromatic carbocycles. The Morgan fingerprint density at radius 3 is 2.09 bits per heavy atom. The molecule has 4 nitrogen and oxygen atoms in total. The summed E-state index contributed by atoms with van der Waals surface area (Å²) in [5, 5.41) is 0. The van der Waals surface area contributed by atoms with Crippen LogP contribution in [0.15, 0.2) is 72.8 Å². The van der Waals surface area contributed by atoms with Crippen molar-refractivity contribution in [2.24, 2.45) is 0 Å². The van der Waals surface area contributed by atoms with Crippen LogP contribution in [-0.4, -0.2) is 27.1 Å². The normalized spacial score (nSPS) is 11.1. The summed E-state index contributed by atoms with van der Waals surface area (Å²) in [6, 6.07) is 17.5. The zero-order chi connectivity index (χ0) is 22.9. The van der Waals surface area contributed by atoms with Gasteiger partial charge in [0.15, 0.2) is 17.3 Å². The predicted molar refractivity (Wildman–Crippen MR) is 125 cm³/mol. The van der Waals surface area contributed by atoms with Crippen LogP contribution in [-0.2, 0) is 6.42 Å². The molecule has 0 saturated carbocycles. The Hall–Kier alpha value is -3.86. The Balaban J connectivity index is 1.64. The average Bonchev–Trinajstić information content (AvgIpc) is 2.82. The second kappa shape index (κ2) is 11.0. The van der Waals surface area contributed by atoms with Crippen LogP contribution in [0.2, 0.25) is 0 Å². The van der Waals surface area contributed by atoms with Crippen molar-refractivity contribution >= 4 is 17.9 Å². The van der Waals surface area contributed by atoms with Crippen molar-refractivity contribution in [3.8, 4) is 17.2 Å². The van der Waals surface area contributed by atoms with Crippen molar-refractivity contribution in [2.75, 3.05) is 21.3 Å². The fourth-order valence-corrected chi connectivity index (χ4v) is 3.19. The number of carbonyl (C=O) groups is 1. The summed E-state index contributed by atoms with van der Waals surface area (Å²) in [5.74, 6) is 1.12. The van der Waals surface area contributed by atoms with E-state index in [1.54, 1.807) is 33.5 Å². The lowest BCUT2D eigenvalue weighted by Crippen LogP contribution is -1.95. The predicted octanol–water partition coefficient (Wildman–Crippen LogP) is 6.00. The molecule has 0 aliphatic carbocycles. The highest BCUT2D eigenvalue weighted by atomic mass is 19.1. The fourth-order valence-electron chi connectivity index (χ4n) is 3.19. The number of benzene rings is 3. The van der Waals surface area contributed by atoms with Crippen LogP contribution >= 0.6 is 0 Å². The zero-order valence-corrected chi connectivity index (χ0v) is 18.3. The Bertz CT molecular complexity index is 1110. The Labute approximate surface area is 187 Å². The summed E-state index contributed by atoms with van der Waals surface area (Å²) in [7, 11) is 4.75. The van der Waals surface area contributed by atoms with Crippen molar-refractivity contribution < 1.29 is 23.4 Å². The fraction of sp³-hybridized carbons (Fsp3) is 0.148. The number of halogens is 1. The Kier molecular flexibility index (Phi) is 7.81. The zero-order valence-electron chi connectivity index (χ0n) is 18.3. The highest BCUT2D eigenvalue weighted by molar-refractivity contribution is 6.04. The van der Waals surface area contributed by atoms with E-state index in [4.69, 9.17) is 14.2 Å². The van der Waals surface area contributed by atoms with Crippen molar-refractivity contribution in [3.05, 3.63) is 101 Å². The van der Waals surface area contributed by atoms with Crippen molar-refractivity contribution in [3.63, 3.8) is 0 Å². The van der Waals surface area contributed by atoms with Gasteiger partial charge in [-0.15, -0.1) is 0 Å². The number of rotatable bonds is 9. The smallest absolute Gasteiger partial charge is 0.203 e. The van der Waals surface area contributed by atoms with Gasteiger partial charge in [-0.1, -0.05) is 54.6 Å². The molecule has 3 rings (SSSR count). The number of allylic oxidation sites excluding steroid dienone is 2. The topological polar surface area (TPSA) is 44.8 Å². The molecule has 0 aliphatic heterocycles. The van der Waals surface area contributed by atoms with Crippen LogP contribution in [0.1, 0.15) is 27.0 Å². The number of hydrogen-bond donors (Lipinski definition) is 0. The first kappa shape index (κ1) is 22.8. The molecule has 0 N–H and O–H groups in total. The molecule has 0 aromatic heterocycles. The van der Waals surface area contributed by atoms with E-state index >= 15 is 0 Å². The highest BCUT2D eigenvalue weighted by Crippen LogP contribution is 2.38. The van der Waals surface area contributed by atoms with Gasteiger partial charge >= 0.3 is 0 Å². The van der Waals surface area contributed by atoms with E-state index in [1.807, 2.05) is 48.6 Å². The maximum Gasteiger partial charge on any atom is 0.203 e. The number of hydrogen-bond acceptors (Lipinski definition) is 4. The highest BCUT2D eigenvalue weighted by Gasteiger charge is 2.12. The molecule has 0 atom stereocenters. The molecule has 0 radical (unpaired) electrons. The van der Waals surface area contributed by atoms with Gasteiger partial charge in [-0.25, -0.2) is 4.39 Å². The Morgan fingerprint density at radius 2 is 1.50 bits per heavy atom. The molecule has 0 fully saturated rings. The largest absolute Gasteiger partial charge is 0.493 e. The second-order valence-corrected chi connectivity index (χ2v) is 7.01. The van der Waals surface area contributed by atoms with Gasteiger partial charge in [-0.3, -0.25) is 4.79 Å². The summed E-state index contributed by atoms with van der Waals surface area (Å²) in [5.41, 5.74) is 3.36. The molecule has 0 aliphatic rings. The minimum atomic E-state index is -0.417. The summed E-state index contributed by atoms with van der Waals surface area (Å²) < 4.78 is 29.4. The standard InChI is InChI=1S/C27H25FO4/c1-30-25-16-21(17-26(31-2)27(25)32-3)15-14-20-12-10-19(11-13-20)6-4-9-24(29)22-7-5-8-23(28)18-22/h4-5,7-18H,6H2,1-3H3/b9-4-,15-14-. The molecule has 0 heterocycles. The summed E-state index contributed by atoms with van der Waals surface area (Å²) in [6.07, 6.45) is 7.84. The first-order chi connectivity index (χ1) is 15.5. The Morgan fingerprint density at radius 1 is 0.844 bits per heavy atom. The van der Waals surface area contributed by atoms with Gasteiger partial charge in [0, 0.05) is 5.56 Å². The van der Waals surface area contributed by atoms with Gasteiger partial charge in [0.1, 0.15) is 5.82 Å². The summed E-state index contributed by atoms with van der Waals surface area (Å²) in [6.45, 7) is 0. The minimum absolute atomic E-state index is 0.214. The van der Waals surface area contributed by atoms with Crippen LogP contribution in [0.3, 0.4) is 0 Å². The van der Waals surface area contributed by atoms with Gasteiger partial charge < -0.3 is 14.2 Å². The lowest BCUT2D eigenvalue weighted by atomic mass is 10.1. The number of methoxy groups -OCH3 is 3.